The number of para-hydroxylation sites is 2. The summed E-state index contributed by atoms with van der Waals surface area (Å²) in [7, 11) is 1.60. The van der Waals surface area contributed by atoms with Crippen molar-refractivity contribution in [1.82, 2.24) is 14.5 Å². The largest absolute Gasteiger partial charge is 0.352 e. The van der Waals surface area contributed by atoms with Gasteiger partial charge in [-0.05, 0) is 36.2 Å². The molecule has 6 nitrogen and oxygen atoms in total. The lowest BCUT2D eigenvalue weighted by molar-refractivity contribution is 0.0953. The zero-order valence-corrected chi connectivity index (χ0v) is 15.6. The van der Waals surface area contributed by atoms with E-state index in [1.807, 2.05) is 36.4 Å². The number of rotatable bonds is 6. The van der Waals surface area contributed by atoms with Crippen molar-refractivity contribution in [1.29, 1.82) is 0 Å². The molecule has 0 spiro atoms. The number of benzene rings is 2. The van der Waals surface area contributed by atoms with Gasteiger partial charge in [0.15, 0.2) is 0 Å². The molecule has 1 heterocycles. The van der Waals surface area contributed by atoms with Gasteiger partial charge in [-0.15, -0.1) is 0 Å². The molecule has 1 amide bonds. The maximum atomic E-state index is 12.5. The highest BCUT2D eigenvalue weighted by molar-refractivity contribution is 5.94. The fourth-order valence-corrected chi connectivity index (χ4v) is 3.04. The molecule has 0 saturated carbocycles. The Morgan fingerprint density at radius 3 is 2.30 bits per heavy atom. The Morgan fingerprint density at radius 2 is 1.63 bits per heavy atom. The molecule has 0 aliphatic heterocycles. The molecule has 0 saturated heterocycles. The van der Waals surface area contributed by atoms with Gasteiger partial charge in [0.2, 0.25) is 0 Å². The minimum atomic E-state index is -0.558. The molecule has 1 aromatic heterocycles. The molecule has 0 aliphatic carbocycles. The third-order valence-corrected chi connectivity index (χ3v) is 4.64. The molecule has 2 aromatic carbocycles. The van der Waals surface area contributed by atoms with Gasteiger partial charge in [0.25, 0.3) is 5.91 Å². The highest BCUT2D eigenvalue weighted by Gasteiger charge is 2.11. The first kappa shape index (κ1) is 18.6. The van der Waals surface area contributed by atoms with Crippen LogP contribution in [0.2, 0.25) is 0 Å². The Kier molecular flexibility index (Phi) is 5.54. The minimum absolute atomic E-state index is 0.105. The number of carbonyl (C=O) groups is 1. The van der Waals surface area contributed by atoms with Crippen LogP contribution >= 0.6 is 0 Å². The normalized spacial score (nSPS) is 10.9. The van der Waals surface area contributed by atoms with Gasteiger partial charge in [0.1, 0.15) is 0 Å². The predicted molar refractivity (Wildman–Crippen MR) is 106 cm³/mol. The Bertz CT molecular complexity index is 1080. The van der Waals surface area contributed by atoms with E-state index >= 15 is 0 Å². The van der Waals surface area contributed by atoms with Crippen molar-refractivity contribution in [2.75, 3.05) is 6.54 Å². The minimum Gasteiger partial charge on any atom is -0.352 e. The molecule has 6 heteroatoms. The van der Waals surface area contributed by atoms with Crippen molar-refractivity contribution in [3.8, 4) is 0 Å². The van der Waals surface area contributed by atoms with Gasteiger partial charge in [-0.2, -0.15) is 0 Å². The number of nitrogens with zero attached hydrogens (tertiary/aromatic N) is 2. The number of carbonyl (C=O) groups excluding carboxylic acids is 1. The van der Waals surface area contributed by atoms with E-state index in [1.54, 1.807) is 19.2 Å². The second-order valence-electron chi connectivity index (χ2n) is 6.55. The van der Waals surface area contributed by atoms with Gasteiger partial charge in [0, 0.05) is 19.2 Å². The zero-order chi connectivity index (χ0) is 19.4. The van der Waals surface area contributed by atoms with E-state index in [-0.39, 0.29) is 12.5 Å². The molecule has 140 valence electrons. The predicted octanol–water partition coefficient (Wildman–Crippen LogP) is 2.28. The summed E-state index contributed by atoms with van der Waals surface area (Å²) in [5.74, 6) is -0.105. The fourth-order valence-electron chi connectivity index (χ4n) is 3.04. The van der Waals surface area contributed by atoms with Crippen LogP contribution in [0, 0.1) is 0 Å². The lowest BCUT2D eigenvalue weighted by atomic mass is 10.1. The smallest absolute Gasteiger partial charge is 0.317 e. The summed E-state index contributed by atoms with van der Waals surface area (Å²) in [5.41, 5.74) is 1.72. The molecular weight excluding hydrogens is 342 g/mol. The Balaban J connectivity index is 1.89. The van der Waals surface area contributed by atoms with E-state index in [9.17, 15) is 14.4 Å². The highest BCUT2D eigenvalue weighted by atomic mass is 16.2. The molecule has 0 atom stereocenters. The van der Waals surface area contributed by atoms with Crippen molar-refractivity contribution in [2.45, 2.75) is 26.3 Å². The van der Waals surface area contributed by atoms with Gasteiger partial charge in [0.05, 0.1) is 17.6 Å². The first-order valence-electron chi connectivity index (χ1n) is 9.08. The third kappa shape index (κ3) is 3.84. The summed E-state index contributed by atoms with van der Waals surface area (Å²) in [6, 6.07) is 14.4. The van der Waals surface area contributed by atoms with E-state index in [4.69, 9.17) is 0 Å². The first-order chi connectivity index (χ1) is 13.0. The quantitative estimate of drug-likeness (QED) is 0.538. The topological polar surface area (TPSA) is 73.1 Å². The summed E-state index contributed by atoms with van der Waals surface area (Å²) in [4.78, 5) is 36.8. The molecule has 0 bridgehead atoms. The molecule has 3 rings (SSSR count). The van der Waals surface area contributed by atoms with Crippen molar-refractivity contribution in [3.05, 3.63) is 80.4 Å². The fraction of sp³-hybridized carbons (Fsp3) is 0.286. The van der Waals surface area contributed by atoms with Crippen LogP contribution < -0.4 is 16.4 Å². The molecular formula is C21H23N3O3. The second-order valence-corrected chi connectivity index (χ2v) is 6.55. The average molecular weight is 365 g/mol. The van der Waals surface area contributed by atoms with Crippen LogP contribution in [0.3, 0.4) is 0 Å². The van der Waals surface area contributed by atoms with Crippen molar-refractivity contribution < 1.29 is 4.79 Å². The van der Waals surface area contributed by atoms with E-state index in [0.29, 0.717) is 23.1 Å². The van der Waals surface area contributed by atoms with Gasteiger partial charge >= 0.3 is 11.1 Å². The maximum Gasteiger partial charge on any atom is 0.317 e. The van der Waals surface area contributed by atoms with Crippen LogP contribution in [-0.4, -0.2) is 21.6 Å². The van der Waals surface area contributed by atoms with E-state index < -0.39 is 11.1 Å². The van der Waals surface area contributed by atoms with Crippen molar-refractivity contribution >= 4 is 16.9 Å². The lowest BCUT2D eigenvalue weighted by Gasteiger charge is -2.13. The van der Waals surface area contributed by atoms with E-state index in [2.05, 4.69) is 12.2 Å². The molecule has 1 N–H and O–H groups in total. The van der Waals surface area contributed by atoms with Gasteiger partial charge in [-0.25, -0.2) is 0 Å². The van der Waals surface area contributed by atoms with Crippen LogP contribution in [0.25, 0.3) is 11.0 Å². The van der Waals surface area contributed by atoms with Crippen molar-refractivity contribution in [2.24, 2.45) is 7.05 Å². The third-order valence-electron chi connectivity index (χ3n) is 4.64. The summed E-state index contributed by atoms with van der Waals surface area (Å²) in [5, 5.41) is 2.88. The standard InChI is InChI=1S/C21H23N3O3/c1-3-4-13-22-19(25)16-11-9-15(10-12-16)14-24-18-8-6-5-7-17(18)23(2)20(26)21(24)27/h5-12H,3-4,13-14H2,1-2H3,(H,22,25). The van der Waals surface area contributed by atoms with Crippen LogP contribution in [0.15, 0.2) is 58.1 Å². The van der Waals surface area contributed by atoms with E-state index in [0.717, 1.165) is 18.4 Å². The van der Waals surface area contributed by atoms with Crippen LogP contribution in [0.4, 0.5) is 0 Å². The lowest BCUT2D eigenvalue weighted by Crippen LogP contribution is -2.40. The average Bonchev–Trinajstić information content (AvgIpc) is 2.70. The Morgan fingerprint density at radius 1 is 0.963 bits per heavy atom. The van der Waals surface area contributed by atoms with E-state index in [1.165, 1.54) is 9.13 Å². The Hall–Kier alpha value is -3.15. The summed E-state index contributed by atoms with van der Waals surface area (Å²) in [6.07, 6.45) is 1.97. The highest BCUT2D eigenvalue weighted by Crippen LogP contribution is 2.12. The van der Waals surface area contributed by atoms with Crippen LogP contribution in [0.1, 0.15) is 35.7 Å². The number of unbranched alkanes of at least 4 members (excludes halogenated alkanes) is 1. The van der Waals surface area contributed by atoms with Gasteiger partial charge in [-0.1, -0.05) is 37.6 Å². The number of fused-ring (bicyclic) bond motifs is 1. The number of hydrogen-bond acceptors (Lipinski definition) is 3. The van der Waals surface area contributed by atoms with Crippen molar-refractivity contribution in [3.63, 3.8) is 0 Å². The zero-order valence-electron chi connectivity index (χ0n) is 15.6. The summed E-state index contributed by atoms with van der Waals surface area (Å²) < 4.78 is 2.85. The maximum absolute atomic E-state index is 12.5. The first-order valence-corrected chi connectivity index (χ1v) is 9.08. The van der Waals surface area contributed by atoms with Gasteiger partial charge in [-0.3, -0.25) is 19.0 Å². The van der Waals surface area contributed by atoms with Crippen LogP contribution in [-0.2, 0) is 13.6 Å². The second kappa shape index (κ2) is 8.03. The molecule has 0 radical (unpaired) electrons. The van der Waals surface area contributed by atoms with Crippen LogP contribution in [0.5, 0.6) is 0 Å². The monoisotopic (exact) mass is 365 g/mol. The SMILES string of the molecule is CCCCNC(=O)c1ccc(Cn2c(=O)c(=O)n(C)c3ccccc32)cc1. The molecule has 27 heavy (non-hydrogen) atoms. The molecule has 0 aliphatic rings. The number of nitrogens with one attached hydrogen (secondary N) is 1. The summed E-state index contributed by atoms with van der Waals surface area (Å²) in [6.45, 7) is 3.00. The summed E-state index contributed by atoms with van der Waals surface area (Å²) >= 11 is 0. The molecule has 0 fully saturated rings. The number of aryl methyl sites for hydroxylation is 1. The van der Waals surface area contributed by atoms with Gasteiger partial charge < -0.3 is 9.88 Å². The molecule has 0 unspecified atom stereocenters. The number of hydrogen-bond donors (Lipinski definition) is 1. The number of aromatic nitrogens is 2. The number of amides is 1. The molecule has 3 aromatic rings. The Labute approximate surface area is 157 Å².